The van der Waals surface area contributed by atoms with Gasteiger partial charge in [0.2, 0.25) is 0 Å². The molecule has 0 atom stereocenters. The highest BCUT2D eigenvalue weighted by Crippen LogP contribution is 2.35. The fourth-order valence-corrected chi connectivity index (χ4v) is 5.37. The minimum absolute atomic E-state index is 0.0878. The van der Waals surface area contributed by atoms with Crippen molar-refractivity contribution in [1.82, 2.24) is 19.3 Å². The molecule has 0 spiro atoms. The number of fused-ring (bicyclic) bond motifs is 2. The molecule has 5 rings (SSSR count). The normalized spacial score (nSPS) is 14.6. The number of hydrogen-bond acceptors (Lipinski definition) is 7. The first-order valence-electron chi connectivity index (χ1n) is 11.7. The Morgan fingerprint density at radius 3 is 2.85 bits per heavy atom. The van der Waals surface area contributed by atoms with Crippen molar-refractivity contribution < 1.29 is 14.3 Å². The van der Waals surface area contributed by atoms with Crippen LogP contribution in [0.5, 0.6) is 5.75 Å². The van der Waals surface area contributed by atoms with Crippen molar-refractivity contribution in [3.8, 4) is 5.75 Å². The van der Waals surface area contributed by atoms with Gasteiger partial charge in [0.15, 0.2) is 5.13 Å². The molecule has 8 nitrogen and oxygen atoms in total. The average Bonchev–Trinajstić information content (AvgIpc) is 3.43. The van der Waals surface area contributed by atoms with Gasteiger partial charge in [-0.1, -0.05) is 23.5 Å². The first-order valence-corrected chi connectivity index (χ1v) is 12.6. The van der Waals surface area contributed by atoms with Gasteiger partial charge in [-0.3, -0.25) is 19.0 Å². The summed E-state index contributed by atoms with van der Waals surface area (Å²) in [4.78, 5) is 27.6. The summed E-state index contributed by atoms with van der Waals surface area (Å²) in [6.07, 6.45) is 2.73. The summed E-state index contributed by atoms with van der Waals surface area (Å²) >= 11 is 1.52. The number of thiazole rings is 1. The first-order chi connectivity index (χ1) is 16.7. The number of morpholine rings is 1. The van der Waals surface area contributed by atoms with Crippen LogP contribution < -0.4 is 9.64 Å². The number of imidazole rings is 1. The van der Waals surface area contributed by atoms with Crippen LogP contribution in [-0.4, -0.2) is 71.2 Å². The van der Waals surface area contributed by atoms with Gasteiger partial charge in [-0.05, 0) is 44.5 Å². The Morgan fingerprint density at radius 1 is 1.18 bits per heavy atom. The van der Waals surface area contributed by atoms with E-state index in [-0.39, 0.29) is 5.91 Å². The summed E-state index contributed by atoms with van der Waals surface area (Å²) in [7, 11) is 0. The van der Waals surface area contributed by atoms with E-state index in [9.17, 15) is 4.79 Å². The predicted molar refractivity (Wildman–Crippen MR) is 134 cm³/mol. The Hall–Kier alpha value is -3.01. The molecule has 0 saturated carbocycles. The molecule has 4 heterocycles. The lowest BCUT2D eigenvalue weighted by Crippen LogP contribution is -2.39. The smallest absolute Gasteiger partial charge is 0.278 e. The van der Waals surface area contributed by atoms with E-state index >= 15 is 0 Å². The zero-order valence-electron chi connectivity index (χ0n) is 19.6. The van der Waals surface area contributed by atoms with Gasteiger partial charge in [-0.2, -0.15) is 0 Å². The number of hydrogen-bond donors (Lipinski definition) is 0. The topological polar surface area (TPSA) is 72.2 Å². The van der Waals surface area contributed by atoms with Gasteiger partial charge < -0.3 is 9.47 Å². The van der Waals surface area contributed by atoms with Crippen LogP contribution in [0.15, 0.2) is 42.6 Å². The molecule has 3 aromatic heterocycles. The van der Waals surface area contributed by atoms with Crippen LogP contribution in [-0.2, 0) is 4.74 Å². The minimum Gasteiger partial charge on any atom is -0.492 e. The van der Waals surface area contributed by atoms with Crippen molar-refractivity contribution in [2.75, 3.05) is 50.9 Å². The van der Waals surface area contributed by atoms with Crippen molar-refractivity contribution in [2.24, 2.45) is 0 Å². The maximum atomic E-state index is 14.0. The Bertz CT molecular complexity index is 1290. The largest absolute Gasteiger partial charge is 0.492 e. The predicted octanol–water partition coefficient (Wildman–Crippen LogP) is 4.02. The third-order valence-electron chi connectivity index (χ3n) is 6.01. The van der Waals surface area contributed by atoms with Crippen LogP contribution in [0.1, 0.15) is 29.5 Å². The van der Waals surface area contributed by atoms with E-state index in [1.807, 2.05) is 65.7 Å². The number of pyridine rings is 1. The highest BCUT2D eigenvalue weighted by molar-refractivity contribution is 7.22. The number of benzene rings is 1. The maximum Gasteiger partial charge on any atom is 0.278 e. The highest BCUT2D eigenvalue weighted by Gasteiger charge is 2.27. The summed E-state index contributed by atoms with van der Waals surface area (Å²) in [5.41, 5.74) is 2.85. The minimum atomic E-state index is -0.0878. The molecule has 1 fully saturated rings. The van der Waals surface area contributed by atoms with Gasteiger partial charge in [-0.25, -0.2) is 9.97 Å². The molecule has 1 saturated heterocycles. The summed E-state index contributed by atoms with van der Waals surface area (Å²) in [5, 5.41) is 0.680. The number of nitrogens with zero attached hydrogens (tertiary/aromatic N) is 5. The summed E-state index contributed by atoms with van der Waals surface area (Å²) in [6, 6.07) is 11.7. The third kappa shape index (κ3) is 4.51. The van der Waals surface area contributed by atoms with Crippen LogP contribution in [0.25, 0.3) is 15.9 Å². The van der Waals surface area contributed by atoms with E-state index in [1.54, 1.807) is 0 Å². The first kappa shape index (κ1) is 22.8. The standard InChI is InChI=1S/C25H29N5O3S/c1-3-33-19-8-6-9-20-22(19)27-25(34-20)30(13-7-11-28-14-16-32-17-15-28)24(31)23-18(2)26-21-10-4-5-12-29(21)23/h4-6,8-10,12H,3,7,11,13-17H2,1-2H3. The number of aryl methyl sites for hydroxylation is 1. The van der Waals surface area contributed by atoms with E-state index in [1.165, 1.54) is 11.3 Å². The van der Waals surface area contributed by atoms with Gasteiger partial charge in [0.25, 0.3) is 5.91 Å². The molecule has 4 aromatic rings. The summed E-state index contributed by atoms with van der Waals surface area (Å²) in [5.74, 6) is 0.657. The van der Waals surface area contributed by atoms with E-state index in [4.69, 9.17) is 14.5 Å². The van der Waals surface area contributed by atoms with Gasteiger partial charge >= 0.3 is 0 Å². The number of ether oxygens (including phenoxy) is 2. The zero-order valence-corrected chi connectivity index (χ0v) is 20.4. The fourth-order valence-electron chi connectivity index (χ4n) is 4.36. The SMILES string of the molecule is CCOc1cccc2sc(N(CCCN3CCOCC3)C(=O)c3c(C)nc4ccccn34)nc12. The number of carbonyl (C=O) groups is 1. The number of rotatable bonds is 8. The molecule has 1 amide bonds. The number of para-hydroxylation sites is 1. The molecule has 1 aliphatic rings. The maximum absolute atomic E-state index is 14.0. The van der Waals surface area contributed by atoms with Crippen LogP contribution in [0.3, 0.4) is 0 Å². The molecular weight excluding hydrogens is 450 g/mol. The second-order valence-corrected chi connectivity index (χ2v) is 9.28. The van der Waals surface area contributed by atoms with Gasteiger partial charge in [0.1, 0.15) is 22.6 Å². The fraction of sp³-hybridized carbons (Fsp3) is 0.400. The van der Waals surface area contributed by atoms with Crippen molar-refractivity contribution in [3.63, 3.8) is 0 Å². The lowest BCUT2D eigenvalue weighted by Gasteiger charge is -2.27. The Kier molecular flexibility index (Phi) is 6.75. The highest BCUT2D eigenvalue weighted by atomic mass is 32.1. The zero-order chi connectivity index (χ0) is 23.5. The molecule has 1 aromatic carbocycles. The van der Waals surface area contributed by atoms with E-state index in [0.717, 1.165) is 60.9 Å². The molecule has 34 heavy (non-hydrogen) atoms. The Morgan fingerprint density at radius 2 is 2.03 bits per heavy atom. The van der Waals surface area contributed by atoms with Gasteiger partial charge in [0.05, 0.1) is 30.2 Å². The number of carbonyl (C=O) groups excluding carboxylic acids is 1. The molecule has 1 aliphatic heterocycles. The van der Waals surface area contributed by atoms with Crippen molar-refractivity contribution in [2.45, 2.75) is 20.3 Å². The van der Waals surface area contributed by atoms with E-state index < -0.39 is 0 Å². The van der Waals surface area contributed by atoms with Crippen LogP contribution >= 0.6 is 11.3 Å². The van der Waals surface area contributed by atoms with E-state index in [2.05, 4.69) is 9.88 Å². The van der Waals surface area contributed by atoms with Crippen molar-refractivity contribution >= 4 is 38.2 Å². The second-order valence-electron chi connectivity index (χ2n) is 8.27. The molecule has 178 valence electrons. The molecule has 0 unspecified atom stereocenters. The molecule has 0 N–H and O–H groups in total. The lowest BCUT2D eigenvalue weighted by atomic mass is 10.2. The Balaban J connectivity index is 1.49. The number of anilines is 1. The van der Waals surface area contributed by atoms with E-state index in [0.29, 0.717) is 29.7 Å². The molecule has 0 bridgehead atoms. The van der Waals surface area contributed by atoms with Gasteiger partial charge in [-0.15, -0.1) is 0 Å². The third-order valence-corrected chi connectivity index (χ3v) is 7.06. The van der Waals surface area contributed by atoms with Crippen molar-refractivity contribution in [3.05, 3.63) is 54.0 Å². The summed E-state index contributed by atoms with van der Waals surface area (Å²) in [6.45, 7) is 9.28. The number of amides is 1. The molecule has 0 aliphatic carbocycles. The average molecular weight is 480 g/mol. The molecule has 0 radical (unpaired) electrons. The van der Waals surface area contributed by atoms with Crippen LogP contribution in [0.4, 0.5) is 5.13 Å². The quantitative estimate of drug-likeness (QED) is 0.380. The van der Waals surface area contributed by atoms with Gasteiger partial charge in [0, 0.05) is 32.4 Å². The Labute approximate surface area is 202 Å². The monoisotopic (exact) mass is 479 g/mol. The molecular formula is C25H29N5O3S. The number of aromatic nitrogens is 3. The molecule has 9 heteroatoms. The lowest BCUT2D eigenvalue weighted by molar-refractivity contribution is 0.0376. The van der Waals surface area contributed by atoms with Crippen LogP contribution in [0.2, 0.25) is 0 Å². The summed E-state index contributed by atoms with van der Waals surface area (Å²) < 4.78 is 14.1. The van der Waals surface area contributed by atoms with Crippen LogP contribution in [0, 0.1) is 6.92 Å². The second kappa shape index (κ2) is 10.1. The van der Waals surface area contributed by atoms with Crippen molar-refractivity contribution in [1.29, 1.82) is 0 Å².